The second-order valence-electron chi connectivity index (χ2n) is 6.57. The summed E-state index contributed by atoms with van der Waals surface area (Å²) in [5.41, 5.74) is 1.36. The van der Waals surface area contributed by atoms with Gasteiger partial charge in [0.1, 0.15) is 5.75 Å². The molecule has 130 valence electrons. The minimum Gasteiger partial charge on any atom is -0.497 e. The highest BCUT2D eigenvalue weighted by Gasteiger charge is 2.21. The van der Waals surface area contributed by atoms with Crippen LogP contribution < -0.4 is 10.1 Å². The molecule has 0 aliphatic carbocycles. The maximum Gasteiger partial charge on any atom is 0.226 e. The lowest BCUT2D eigenvalue weighted by atomic mass is 10.0. The number of carbonyl (C=O) groups is 1. The molecule has 2 aromatic rings. The number of ether oxygens (including phenoxy) is 1. The number of benzene rings is 1. The molecule has 0 radical (unpaired) electrons. The van der Waals surface area contributed by atoms with Crippen molar-refractivity contribution in [1.29, 1.82) is 0 Å². The molecule has 0 spiro atoms. The highest BCUT2D eigenvalue weighted by molar-refractivity contribution is 5.78. The summed E-state index contributed by atoms with van der Waals surface area (Å²) in [6, 6.07) is 9.30. The Balaban J connectivity index is 1.97. The summed E-state index contributed by atoms with van der Waals surface area (Å²) < 4.78 is 10.5. The van der Waals surface area contributed by atoms with E-state index < -0.39 is 0 Å². The minimum absolute atomic E-state index is 0.0737. The van der Waals surface area contributed by atoms with Crippen molar-refractivity contribution < 1.29 is 14.1 Å². The molecule has 0 fully saturated rings. The van der Waals surface area contributed by atoms with E-state index in [1.165, 1.54) is 0 Å². The Hall–Kier alpha value is -2.34. The zero-order valence-electron chi connectivity index (χ0n) is 14.9. The van der Waals surface area contributed by atoms with E-state index in [0.717, 1.165) is 11.3 Å². The van der Waals surface area contributed by atoms with Crippen LogP contribution in [-0.4, -0.2) is 49.3 Å². The van der Waals surface area contributed by atoms with Crippen molar-refractivity contribution in [2.45, 2.75) is 25.8 Å². The number of nitrogens with zero attached hydrogens (tertiary/aromatic N) is 2. The number of amides is 1. The van der Waals surface area contributed by atoms with Crippen LogP contribution in [0, 0.1) is 0 Å². The Bertz CT molecular complexity index is 692. The highest BCUT2D eigenvalue weighted by atomic mass is 16.5. The molecule has 1 N–H and O–H groups in total. The van der Waals surface area contributed by atoms with Gasteiger partial charge in [0.2, 0.25) is 5.91 Å². The first-order valence-corrected chi connectivity index (χ1v) is 7.86. The van der Waals surface area contributed by atoms with Gasteiger partial charge in [-0.2, -0.15) is 0 Å². The molecule has 0 bridgehead atoms. The Morgan fingerprint density at radius 3 is 2.75 bits per heavy atom. The van der Waals surface area contributed by atoms with E-state index in [4.69, 9.17) is 9.26 Å². The van der Waals surface area contributed by atoms with Crippen molar-refractivity contribution in [3.05, 3.63) is 36.0 Å². The summed E-state index contributed by atoms with van der Waals surface area (Å²) in [7, 11) is 5.60. The largest absolute Gasteiger partial charge is 0.497 e. The highest BCUT2D eigenvalue weighted by Crippen LogP contribution is 2.24. The van der Waals surface area contributed by atoms with Crippen LogP contribution in [0.4, 0.5) is 0 Å². The van der Waals surface area contributed by atoms with Crippen LogP contribution >= 0.6 is 0 Å². The van der Waals surface area contributed by atoms with Gasteiger partial charge in [0.05, 0.1) is 19.2 Å². The number of hydrogen-bond acceptors (Lipinski definition) is 5. The maximum absolute atomic E-state index is 12.1. The number of aromatic nitrogens is 1. The zero-order valence-corrected chi connectivity index (χ0v) is 14.9. The summed E-state index contributed by atoms with van der Waals surface area (Å²) in [6.07, 6.45) is 0.191. The van der Waals surface area contributed by atoms with Gasteiger partial charge in [-0.05, 0) is 40.1 Å². The molecule has 0 aliphatic rings. The third-order valence-corrected chi connectivity index (χ3v) is 4.18. The smallest absolute Gasteiger partial charge is 0.226 e. The number of rotatable bonds is 7. The quantitative estimate of drug-likeness (QED) is 0.843. The maximum atomic E-state index is 12.1. The van der Waals surface area contributed by atoms with Gasteiger partial charge in [0.25, 0.3) is 0 Å². The number of likely N-dealkylation sites (N-methyl/N-ethyl adjacent to an activating group) is 1. The van der Waals surface area contributed by atoms with Gasteiger partial charge >= 0.3 is 0 Å². The van der Waals surface area contributed by atoms with E-state index in [9.17, 15) is 4.79 Å². The average Bonchev–Trinajstić information content (AvgIpc) is 3.01. The third kappa shape index (κ3) is 4.58. The average molecular weight is 331 g/mol. The summed E-state index contributed by atoms with van der Waals surface area (Å²) >= 11 is 0. The molecule has 0 atom stereocenters. The number of hydrogen-bond donors (Lipinski definition) is 1. The zero-order chi connectivity index (χ0) is 17.7. The predicted octanol–water partition coefficient (Wildman–Crippen LogP) is 2.35. The third-order valence-electron chi connectivity index (χ3n) is 4.18. The molecule has 0 aliphatic heterocycles. The molecule has 1 aromatic heterocycles. The lowest BCUT2D eigenvalue weighted by Crippen LogP contribution is -2.48. The Labute approximate surface area is 142 Å². The number of nitrogens with one attached hydrogen (secondary N) is 1. The molecule has 1 heterocycles. The van der Waals surface area contributed by atoms with Gasteiger partial charge < -0.3 is 19.5 Å². The molecule has 1 amide bonds. The SMILES string of the molecule is COc1cccc(-c2cc(CC(=O)NCC(C)(C)N(C)C)no2)c1. The van der Waals surface area contributed by atoms with E-state index in [1.807, 2.05) is 38.4 Å². The molecule has 0 saturated heterocycles. The molecular weight excluding hydrogens is 306 g/mol. The molecule has 0 unspecified atom stereocenters. The lowest BCUT2D eigenvalue weighted by molar-refractivity contribution is -0.121. The predicted molar refractivity (Wildman–Crippen MR) is 93.0 cm³/mol. The van der Waals surface area contributed by atoms with Crippen LogP contribution in [0.2, 0.25) is 0 Å². The summed E-state index contributed by atoms with van der Waals surface area (Å²) in [6.45, 7) is 4.72. The second kappa shape index (κ2) is 7.49. The first-order valence-electron chi connectivity index (χ1n) is 7.86. The Morgan fingerprint density at radius 1 is 1.33 bits per heavy atom. The molecular formula is C18H25N3O3. The Morgan fingerprint density at radius 2 is 2.08 bits per heavy atom. The first-order chi connectivity index (χ1) is 11.3. The van der Waals surface area contributed by atoms with E-state index >= 15 is 0 Å². The summed E-state index contributed by atoms with van der Waals surface area (Å²) in [4.78, 5) is 14.2. The molecule has 6 heteroatoms. The van der Waals surface area contributed by atoms with Crippen LogP contribution in [0.3, 0.4) is 0 Å². The van der Waals surface area contributed by atoms with E-state index in [0.29, 0.717) is 18.0 Å². The minimum atomic E-state index is -0.106. The molecule has 1 aromatic carbocycles. The molecule has 24 heavy (non-hydrogen) atoms. The van der Waals surface area contributed by atoms with Gasteiger partial charge in [-0.1, -0.05) is 17.3 Å². The van der Waals surface area contributed by atoms with Gasteiger partial charge in [0, 0.05) is 23.7 Å². The van der Waals surface area contributed by atoms with Gasteiger partial charge in [-0.25, -0.2) is 0 Å². The number of methoxy groups -OCH3 is 1. The van der Waals surface area contributed by atoms with Crippen molar-refractivity contribution in [2.75, 3.05) is 27.7 Å². The van der Waals surface area contributed by atoms with Crippen LogP contribution in [0.25, 0.3) is 11.3 Å². The van der Waals surface area contributed by atoms with Crippen molar-refractivity contribution in [1.82, 2.24) is 15.4 Å². The van der Waals surface area contributed by atoms with Crippen molar-refractivity contribution in [3.63, 3.8) is 0 Å². The van der Waals surface area contributed by atoms with Crippen LogP contribution in [0.5, 0.6) is 5.75 Å². The molecule has 0 saturated carbocycles. The Kier molecular flexibility index (Phi) is 5.62. The lowest BCUT2D eigenvalue weighted by Gasteiger charge is -2.32. The fourth-order valence-electron chi connectivity index (χ4n) is 2.01. The molecule has 2 rings (SSSR count). The van der Waals surface area contributed by atoms with Crippen molar-refractivity contribution in [3.8, 4) is 17.1 Å². The van der Waals surface area contributed by atoms with E-state index in [1.54, 1.807) is 13.2 Å². The fraction of sp³-hybridized carbons (Fsp3) is 0.444. The van der Waals surface area contributed by atoms with Crippen LogP contribution in [0.1, 0.15) is 19.5 Å². The summed E-state index contributed by atoms with van der Waals surface area (Å²) in [5, 5.41) is 6.92. The number of carbonyl (C=O) groups excluding carboxylic acids is 1. The summed E-state index contributed by atoms with van der Waals surface area (Å²) in [5.74, 6) is 1.29. The standard InChI is InChI=1S/C18H25N3O3/c1-18(2,21(3)4)12-19-17(22)11-14-10-16(24-20-14)13-7-6-8-15(9-13)23-5/h6-10H,11-12H2,1-5H3,(H,19,22). The molecule has 6 nitrogen and oxygen atoms in total. The van der Waals surface area contributed by atoms with Gasteiger partial charge in [-0.15, -0.1) is 0 Å². The van der Waals surface area contributed by atoms with Gasteiger partial charge in [-0.3, -0.25) is 4.79 Å². The normalized spacial score (nSPS) is 11.6. The van der Waals surface area contributed by atoms with Crippen LogP contribution in [-0.2, 0) is 11.2 Å². The monoisotopic (exact) mass is 331 g/mol. The van der Waals surface area contributed by atoms with Gasteiger partial charge in [0.15, 0.2) is 5.76 Å². The second-order valence-corrected chi connectivity index (χ2v) is 6.57. The van der Waals surface area contributed by atoms with E-state index in [2.05, 4.69) is 29.2 Å². The van der Waals surface area contributed by atoms with E-state index in [-0.39, 0.29) is 17.9 Å². The fourth-order valence-corrected chi connectivity index (χ4v) is 2.01. The first kappa shape index (κ1) is 18.0. The van der Waals surface area contributed by atoms with Crippen LogP contribution in [0.15, 0.2) is 34.9 Å². The topological polar surface area (TPSA) is 67.6 Å². The van der Waals surface area contributed by atoms with Crippen molar-refractivity contribution in [2.24, 2.45) is 0 Å². The van der Waals surface area contributed by atoms with Crippen molar-refractivity contribution >= 4 is 5.91 Å².